The average Bonchev–Trinajstić information content (AvgIpc) is 2.29. The standard InChI is InChI=1S/C12H9BrClFN2O/c13-8-3-11(12(14)17-6-8)16-5-7-1-9(15)4-10(18)2-7/h1-4,6,16,18H,5H2. The van der Waals surface area contributed by atoms with Gasteiger partial charge in [0.25, 0.3) is 0 Å². The predicted octanol–water partition coefficient (Wildman–Crippen LogP) is 3.95. The van der Waals surface area contributed by atoms with Gasteiger partial charge in [-0.1, -0.05) is 11.6 Å². The maximum Gasteiger partial charge on any atom is 0.152 e. The van der Waals surface area contributed by atoms with Crippen molar-refractivity contribution in [2.24, 2.45) is 0 Å². The van der Waals surface area contributed by atoms with Crippen LogP contribution in [0.2, 0.25) is 5.15 Å². The van der Waals surface area contributed by atoms with Crippen LogP contribution in [0.15, 0.2) is 34.9 Å². The van der Waals surface area contributed by atoms with Crippen molar-refractivity contribution < 1.29 is 9.50 Å². The van der Waals surface area contributed by atoms with Crippen LogP contribution in [0.5, 0.6) is 5.75 Å². The van der Waals surface area contributed by atoms with Gasteiger partial charge in [0.2, 0.25) is 0 Å². The maximum atomic E-state index is 13.1. The van der Waals surface area contributed by atoms with Crippen molar-refractivity contribution in [1.82, 2.24) is 4.98 Å². The molecule has 6 heteroatoms. The molecule has 0 saturated heterocycles. The zero-order chi connectivity index (χ0) is 13.1. The van der Waals surface area contributed by atoms with Gasteiger partial charge in [-0.25, -0.2) is 9.37 Å². The molecule has 0 aliphatic carbocycles. The van der Waals surface area contributed by atoms with Crippen molar-refractivity contribution in [3.8, 4) is 5.75 Å². The lowest BCUT2D eigenvalue weighted by molar-refractivity contribution is 0.468. The molecular weight excluding hydrogens is 323 g/mol. The smallest absolute Gasteiger partial charge is 0.152 e. The summed E-state index contributed by atoms with van der Waals surface area (Å²) in [5, 5.41) is 12.6. The number of phenolic OH excluding ortho intramolecular Hbond substituents is 1. The molecule has 1 heterocycles. The first kappa shape index (κ1) is 13.1. The van der Waals surface area contributed by atoms with E-state index in [1.54, 1.807) is 12.3 Å². The zero-order valence-electron chi connectivity index (χ0n) is 9.12. The lowest BCUT2D eigenvalue weighted by atomic mass is 10.2. The fraction of sp³-hybridized carbons (Fsp3) is 0.0833. The van der Waals surface area contributed by atoms with E-state index in [1.807, 2.05) is 0 Å². The van der Waals surface area contributed by atoms with Gasteiger partial charge in [0.1, 0.15) is 11.6 Å². The van der Waals surface area contributed by atoms with E-state index in [1.165, 1.54) is 12.1 Å². The fourth-order valence-electron chi connectivity index (χ4n) is 1.48. The Morgan fingerprint density at radius 1 is 1.33 bits per heavy atom. The Hall–Kier alpha value is -1.33. The van der Waals surface area contributed by atoms with Gasteiger partial charge in [-0.2, -0.15) is 0 Å². The summed E-state index contributed by atoms with van der Waals surface area (Å²) in [4.78, 5) is 3.96. The largest absolute Gasteiger partial charge is 0.508 e. The van der Waals surface area contributed by atoms with Crippen LogP contribution in [-0.2, 0) is 6.54 Å². The number of hydrogen-bond donors (Lipinski definition) is 2. The molecule has 18 heavy (non-hydrogen) atoms. The molecule has 0 saturated carbocycles. The predicted molar refractivity (Wildman–Crippen MR) is 72.3 cm³/mol. The van der Waals surface area contributed by atoms with Crippen molar-refractivity contribution >= 4 is 33.2 Å². The lowest BCUT2D eigenvalue weighted by Gasteiger charge is -2.08. The molecule has 0 aliphatic rings. The Morgan fingerprint density at radius 3 is 2.83 bits per heavy atom. The number of halogens is 3. The molecule has 0 aliphatic heterocycles. The lowest BCUT2D eigenvalue weighted by Crippen LogP contribution is -2.01. The summed E-state index contributed by atoms with van der Waals surface area (Å²) in [5.74, 6) is -0.587. The number of benzene rings is 1. The molecule has 0 radical (unpaired) electrons. The van der Waals surface area contributed by atoms with Crippen LogP contribution in [0.1, 0.15) is 5.56 Å². The first-order valence-corrected chi connectivity index (χ1v) is 6.25. The van der Waals surface area contributed by atoms with Gasteiger partial charge in [0, 0.05) is 23.3 Å². The minimum Gasteiger partial charge on any atom is -0.508 e. The molecule has 0 bridgehead atoms. The number of aromatic hydroxyl groups is 1. The second-order valence-electron chi connectivity index (χ2n) is 3.66. The van der Waals surface area contributed by atoms with Crippen LogP contribution in [0, 0.1) is 5.82 Å². The van der Waals surface area contributed by atoms with E-state index in [0.717, 1.165) is 10.5 Å². The van der Waals surface area contributed by atoms with Crippen molar-refractivity contribution in [3.05, 3.63) is 51.5 Å². The molecule has 94 valence electrons. The SMILES string of the molecule is Oc1cc(F)cc(CNc2cc(Br)cnc2Cl)c1. The first-order chi connectivity index (χ1) is 8.54. The number of pyridine rings is 1. The molecule has 0 spiro atoms. The van der Waals surface area contributed by atoms with E-state index in [9.17, 15) is 9.50 Å². The third-order valence-electron chi connectivity index (χ3n) is 2.23. The van der Waals surface area contributed by atoms with Crippen molar-refractivity contribution in [1.29, 1.82) is 0 Å². The number of hydrogen-bond acceptors (Lipinski definition) is 3. The van der Waals surface area contributed by atoms with Crippen molar-refractivity contribution in [3.63, 3.8) is 0 Å². The van der Waals surface area contributed by atoms with E-state index in [0.29, 0.717) is 22.9 Å². The van der Waals surface area contributed by atoms with Crippen molar-refractivity contribution in [2.75, 3.05) is 5.32 Å². The van der Waals surface area contributed by atoms with Crippen LogP contribution < -0.4 is 5.32 Å². The highest BCUT2D eigenvalue weighted by atomic mass is 79.9. The second-order valence-corrected chi connectivity index (χ2v) is 4.94. The topological polar surface area (TPSA) is 45.1 Å². The Morgan fingerprint density at radius 2 is 2.11 bits per heavy atom. The molecule has 3 nitrogen and oxygen atoms in total. The Kier molecular flexibility index (Phi) is 4.04. The molecule has 0 atom stereocenters. The van der Waals surface area contributed by atoms with Gasteiger partial charge in [-0.15, -0.1) is 0 Å². The van der Waals surface area contributed by atoms with E-state index < -0.39 is 5.82 Å². The number of nitrogens with one attached hydrogen (secondary N) is 1. The summed E-state index contributed by atoms with van der Waals surface area (Å²) < 4.78 is 13.9. The minimum absolute atomic E-state index is 0.106. The summed E-state index contributed by atoms with van der Waals surface area (Å²) in [5.41, 5.74) is 1.25. The number of nitrogens with zero attached hydrogens (tertiary/aromatic N) is 1. The highest BCUT2D eigenvalue weighted by molar-refractivity contribution is 9.10. The Bertz CT molecular complexity index is 560. The summed E-state index contributed by atoms with van der Waals surface area (Å²) in [7, 11) is 0. The quantitative estimate of drug-likeness (QED) is 0.837. The Balaban J connectivity index is 2.13. The third-order valence-corrected chi connectivity index (χ3v) is 2.97. The van der Waals surface area contributed by atoms with E-state index >= 15 is 0 Å². The summed E-state index contributed by atoms with van der Waals surface area (Å²) in [6.45, 7) is 0.336. The van der Waals surface area contributed by atoms with Gasteiger partial charge in [-0.05, 0) is 39.7 Å². The summed E-state index contributed by atoms with van der Waals surface area (Å²) >= 11 is 9.19. The molecule has 2 rings (SSSR count). The summed E-state index contributed by atoms with van der Waals surface area (Å²) in [6, 6.07) is 5.65. The summed E-state index contributed by atoms with van der Waals surface area (Å²) in [6.07, 6.45) is 1.58. The van der Waals surface area contributed by atoms with Crippen LogP contribution in [0.25, 0.3) is 0 Å². The Labute approximate surface area is 117 Å². The van der Waals surface area contributed by atoms with Gasteiger partial charge < -0.3 is 10.4 Å². The minimum atomic E-state index is -0.481. The molecule has 0 unspecified atom stereocenters. The third kappa shape index (κ3) is 3.34. The second kappa shape index (κ2) is 5.54. The van der Waals surface area contributed by atoms with Crippen LogP contribution in [0.3, 0.4) is 0 Å². The molecular formula is C12H9BrClFN2O. The van der Waals surface area contributed by atoms with Gasteiger partial charge in [0.15, 0.2) is 5.15 Å². The van der Waals surface area contributed by atoms with Crippen molar-refractivity contribution in [2.45, 2.75) is 6.54 Å². The van der Waals surface area contributed by atoms with E-state index in [4.69, 9.17) is 11.6 Å². The monoisotopic (exact) mass is 330 g/mol. The number of anilines is 1. The van der Waals surface area contributed by atoms with E-state index in [-0.39, 0.29) is 5.75 Å². The van der Waals surface area contributed by atoms with E-state index in [2.05, 4.69) is 26.2 Å². The molecule has 2 aromatic rings. The molecule has 0 fully saturated rings. The highest BCUT2D eigenvalue weighted by Crippen LogP contribution is 2.24. The number of phenols is 1. The highest BCUT2D eigenvalue weighted by Gasteiger charge is 2.04. The number of aromatic nitrogens is 1. The van der Waals surface area contributed by atoms with Gasteiger partial charge in [0.05, 0.1) is 5.69 Å². The molecule has 0 amide bonds. The fourth-order valence-corrected chi connectivity index (χ4v) is 1.98. The first-order valence-electron chi connectivity index (χ1n) is 5.08. The molecule has 1 aromatic heterocycles. The van der Waals surface area contributed by atoms with Crippen LogP contribution >= 0.6 is 27.5 Å². The van der Waals surface area contributed by atoms with Gasteiger partial charge >= 0.3 is 0 Å². The number of rotatable bonds is 3. The maximum absolute atomic E-state index is 13.1. The average molecular weight is 332 g/mol. The van der Waals surface area contributed by atoms with Gasteiger partial charge in [-0.3, -0.25) is 0 Å². The van der Waals surface area contributed by atoms with Crippen LogP contribution in [-0.4, -0.2) is 10.1 Å². The molecule has 1 aromatic carbocycles. The normalized spacial score (nSPS) is 10.4. The zero-order valence-corrected chi connectivity index (χ0v) is 11.5. The molecule has 2 N–H and O–H groups in total. The van der Waals surface area contributed by atoms with Crippen LogP contribution in [0.4, 0.5) is 10.1 Å².